The largest absolute Gasteiger partial charge is 0.444 e. The number of nitrogens with one attached hydrogen (secondary N) is 2. The fourth-order valence-corrected chi connectivity index (χ4v) is 15.0. The first kappa shape index (κ1) is 110. The smallest absolute Gasteiger partial charge is 0.414 e. The minimum absolute atomic E-state index is 0. The number of benzene rings is 6. The summed E-state index contributed by atoms with van der Waals surface area (Å²) in [6.07, 6.45) is 10.9. The third-order valence-corrected chi connectivity index (χ3v) is 20.4. The number of nitro groups is 3. The van der Waals surface area contributed by atoms with Crippen LogP contribution in [0.5, 0.6) is 0 Å². The first-order chi connectivity index (χ1) is 58.2. The second-order valence-corrected chi connectivity index (χ2v) is 39.5. The van der Waals surface area contributed by atoms with Crippen molar-refractivity contribution in [3.8, 4) is 0 Å². The monoisotopic (exact) mass is 1830 g/mol. The molecule has 0 spiro atoms. The minimum Gasteiger partial charge on any atom is -0.444 e. The average Bonchev–Trinajstić information content (AvgIpc) is 1.35. The van der Waals surface area contributed by atoms with Crippen LogP contribution in [-0.2, 0) is 50.8 Å². The van der Waals surface area contributed by atoms with Gasteiger partial charge < -0.3 is 49.5 Å². The summed E-state index contributed by atoms with van der Waals surface area (Å²) >= 11 is 0. The van der Waals surface area contributed by atoms with Crippen LogP contribution < -0.4 is 16.4 Å². The third kappa shape index (κ3) is 37.8. The number of amides is 4. The number of halogens is 8. The topological polar surface area (TPSA) is 321 Å². The summed E-state index contributed by atoms with van der Waals surface area (Å²) in [4.78, 5) is 92.0. The molecular weight excluding hydrogens is 1710 g/mol. The van der Waals surface area contributed by atoms with Crippen molar-refractivity contribution in [1.29, 1.82) is 0 Å². The van der Waals surface area contributed by atoms with E-state index in [1.165, 1.54) is 90.4 Å². The number of hydrogen-bond donors (Lipinski definition) is 3. The van der Waals surface area contributed by atoms with E-state index < -0.39 is 146 Å². The Balaban J connectivity index is 0.000000389. The minimum atomic E-state index is -1.77. The van der Waals surface area contributed by atoms with Gasteiger partial charge in [0.05, 0.1) is 31.5 Å². The zero-order valence-electron chi connectivity index (χ0n) is 75.0. The molecule has 6 aromatic carbocycles. The van der Waals surface area contributed by atoms with Crippen LogP contribution in [-0.4, -0.2) is 167 Å². The Bertz CT molecular complexity index is 4500. The van der Waals surface area contributed by atoms with Crippen molar-refractivity contribution in [2.75, 3.05) is 52.4 Å². The van der Waals surface area contributed by atoms with Crippen molar-refractivity contribution in [2.24, 2.45) is 11.7 Å². The van der Waals surface area contributed by atoms with E-state index in [9.17, 15) is 89.4 Å². The molecule has 4 N–H and O–H groups in total. The van der Waals surface area contributed by atoms with Gasteiger partial charge in [-0.15, -0.1) is 0 Å². The van der Waals surface area contributed by atoms with Crippen LogP contribution in [0.3, 0.4) is 0 Å². The predicted octanol–water partition coefficient (Wildman–Crippen LogP) is 20.1. The summed E-state index contributed by atoms with van der Waals surface area (Å²) in [7, 11) is -1.77. The van der Waals surface area contributed by atoms with Crippen LogP contribution in [0.15, 0.2) is 152 Å². The molecule has 4 heterocycles. The van der Waals surface area contributed by atoms with Crippen molar-refractivity contribution in [3.63, 3.8) is 0 Å². The van der Waals surface area contributed by atoms with Crippen molar-refractivity contribution in [2.45, 2.75) is 238 Å². The quantitative estimate of drug-likeness (QED) is 0.0137. The van der Waals surface area contributed by atoms with Gasteiger partial charge in [-0.05, 0) is 229 Å². The van der Waals surface area contributed by atoms with Gasteiger partial charge in [-0.2, -0.15) is 0 Å². The van der Waals surface area contributed by atoms with Gasteiger partial charge in [0.1, 0.15) is 34.3 Å². The molecule has 4 aliphatic heterocycles. The molecule has 0 radical (unpaired) electrons. The van der Waals surface area contributed by atoms with E-state index in [0.717, 1.165) is 66.2 Å². The molecule has 10 rings (SSSR count). The van der Waals surface area contributed by atoms with Crippen molar-refractivity contribution in [3.05, 3.63) is 262 Å². The van der Waals surface area contributed by atoms with Gasteiger partial charge in [0.25, 0.3) is 0 Å². The van der Waals surface area contributed by atoms with Crippen LogP contribution in [0, 0.1) is 82.8 Å². The van der Waals surface area contributed by atoms with Gasteiger partial charge in [-0.1, -0.05) is 137 Å². The summed E-state index contributed by atoms with van der Waals surface area (Å²) < 4.78 is 132. The average molecular weight is 1830 g/mol. The van der Waals surface area contributed by atoms with Crippen LogP contribution in [0.25, 0.3) is 6.08 Å². The van der Waals surface area contributed by atoms with E-state index in [2.05, 4.69) is 112 Å². The molecule has 3 saturated heterocycles. The van der Waals surface area contributed by atoms with E-state index in [4.69, 9.17) is 29.1 Å². The number of nitrogens with two attached hydrogens (primary N) is 1. The van der Waals surface area contributed by atoms with E-state index in [1.54, 1.807) is 94.1 Å². The Morgan fingerprint density at radius 3 is 1.36 bits per heavy atom. The molecule has 0 aromatic heterocycles. The van der Waals surface area contributed by atoms with Gasteiger partial charge in [0, 0.05) is 75.7 Å². The molecule has 4 amide bonds. The van der Waals surface area contributed by atoms with Crippen molar-refractivity contribution in [1.82, 2.24) is 25.3 Å². The number of allylic oxidation sites excluding steroid dienone is 1. The van der Waals surface area contributed by atoms with E-state index in [1.807, 2.05) is 0 Å². The summed E-state index contributed by atoms with van der Waals surface area (Å²) in [5.74, 6) is -8.16. The van der Waals surface area contributed by atoms with Crippen LogP contribution in [0.2, 0.25) is 19.6 Å². The molecule has 0 aliphatic carbocycles. The summed E-state index contributed by atoms with van der Waals surface area (Å²) in [6, 6.07) is 32.9. The zero-order valence-corrected chi connectivity index (χ0v) is 77.1. The standard InChI is InChI=1S/C20H27NOSi.C16H20F2N2O4.C16H18F2N2O4.C16H22F2N2O2.C9H6F2O.C7H14N2O4.C7H16.Fe/c1-23(2,3)22-20(19-15-10-16-21-19,17-11-6-4-7-12-17)18-13-8-5-9-14-18;2*1-16(2,3)24-15(21)19-7-6-11(14(9-19)20(22)23)10-4-5-12(17)13(18)8-10;1-16(2,3)22-15(21)20-7-6-11(14(19)9-20)10-4-5-12(17)13(18)8-10;10-8-4-3-7(2-1-5-12)6-9(8)11;1-7(2,3)13-6(10)8-4-5-9(11)12;1-4-7(5-2)6-3;/h4-9,11-14,19,21H,10,15-16H2,1-3H3;4-5,8,11,14H,6-7,9H2,1-3H3;4-8,11,14H,9H2,1-3H3;4-5,8,11,14H,6-7,9,19H2,1-3H3;1-6H;4-5H2,1-3H3,(H,8,10);7H,4-6H2,1-3H3;/b;;;;2-1+;;;/t;3*11-,14+;;;;/m.000..../s1. The number of nitrogens with zero attached hydrogens (tertiary/aromatic N) is 6. The van der Waals surface area contributed by atoms with Crippen LogP contribution in [0.4, 0.5) is 54.3 Å². The summed E-state index contributed by atoms with van der Waals surface area (Å²) in [5.41, 5.74) is 7.44. The first-order valence-corrected chi connectivity index (χ1v) is 44.9. The Hall–Kier alpha value is -10.2. The molecule has 7 atom stereocenters. The Morgan fingerprint density at radius 1 is 0.548 bits per heavy atom. The van der Waals surface area contributed by atoms with Gasteiger partial charge in [0.2, 0.25) is 18.6 Å². The second-order valence-electron chi connectivity index (χ2n) is 35.1. The molecule has 1 unspecified atom stereocenters. The Labute approximate surface area is 745 Å². The summed E-state index contributed by atoms with van der Waals surface area (Å²) in [5, 5.41) is 38.6. The molecule has 3 fully saturated rings. The van der Waals surface area contributed by atoms with Crippen LogP contribution in [0.1, 0.15) is 200 Å². The molecule has 696 valence electrons. The van der Waals surface area contributed by atoms with Gasteiger partial charge >= 0.3 is 24.4 Å². The van der Waals surface area contributed by atoms with Crippen LogP contribution >= 0.6 is 0 Å². The maximum Gasteiger partial charge on any atom is 0.414 e. The van der Waals surface area contributed by atoms with Gasteiger partial charge in [-0.25, -0.2) is 54.3 Å². The zero-order chi connectivity index (χ0) is 94.1. The predicted molar refractivity (Wildman–Crippen MR) is 465 cm³/mol. The van der Waals surface area contributed by atoms with Crippen molar-refractivity contribution >= 4 is 45.1 Å². The second kappa shape index (κ2) is 51.0. The number of ether oxygens (including phenoxy) is 4. The normalized spacial score (nSPS) is 18.1. The number of alkyl carbamates (subject to hydrolysis) is 1. The first-order valence-electron chi connectivity index (χ1n) is 41.5. The number of rotatable bonds is 18. The Kier molecular flexibility index (Phi) is 44.5. The van der Waals surface area contributed by atoms with Gasteiger partial charge in [-0.3, -0.25) is 40.0 Å². The van der Waals surface area contributed by atoms with Gasteiger partial charge in [0.15, 0.2) is 54.9 Å². The maximum atomic E-state index is 13.4. The molecular formula is C91H123F8FeN9O16Si. The molecule has 25 nitrogen and oxygen atoms in total. The molecule has 0 bridgehead atoms. The number of carbonyl (C=O) groups excluding carboxylic acids is 5. The number of hydrogen-bond acceptors (Lipinski definition) is 18. The number of piperidine rings is 2. The molecule has 6 aromatic rings. The number of likely N-dealkylation sites (tertiary alicyclic amines) is 2. The molecule has 0 saturated carbocycles. The van der Waals surface area contributed by atoms with Crippen molar-refractivity contribution < 1.29 is 114 Å². The maximum absolute atomic E-state index is 13.4. The SMILES string of the molecule is CC(C)(C)OC(=O)N1C=C[C@@H](c2ccc(F)c(F)c2)[C@H]([N+](=O)[O-])C1.CC(C)(C)OC(=O)N1CC[C@@H](c2ccc(F)c(F)c2)[C@H](N)C1.CC(C)(C)OC(=O)N1CC[C@@H](c2ccc(F)c(F)c2)[C@H]([N+](=O)[O-])C1.CC(C)(C)OC(=O)NCC[N+](=O)[O-].CCC(CC)CC.C[Si](C)(C)OC(c1ccccc1)(c1ccccc1)C1CCCN1.O=C/C=C/c1ccc(F)c(F)c1.[Fe]. The summed E-state index contributed by atoms with van der Waals surface area (Å²) in [6.45, 7) is 35.9. The number of carbonyl (C=O) groups is 5. The molecule has 35 heteroatoms. The fourth-order valence-electron chi connectivity index (χ4n) is 13.6. The van der Waals surface area contributed by atoms with E-state index in [0.29, 0.717) is 48.5 Å². The number of aldehydes is 1. The molecule has 126 heavy (non-hydrogen) atoms. The van der Waals surface area contributed by atoms with E-state index >= 15 is 0 Å². The third-order valence-electron chi connectivity index (χ3n) is 19.5. The van der Waals surface area contributed by atoms with E-state index in [-0.39, 0.29) is 73.7 Å². The molecule has 4 aliphatic rings. The fraction of sp³-hybridized carbons (Fsp3) is 0.505. The Morgan fingerprint density at radius 2 is 0.968 bits per heavy atom.